The summed E-state index contributed by atoms with van der Waals surface area (Å²) in [6.45, 7) is 1.46. The zero-order valence-corrected chi connectivity index (χ0v) is 13.5. The molecule has 9 heteroatoms. The van der Waals surface area contributed by atoms with Crippen LogP contribution in [0.4, 0.5) is 11.4 Å². The lowest BCUT2D eigenvalue weighted by Gasteiger charge is -2.11. The van der Waals surface area contributed by atoms with Gasteiger partial charge < -0.3 is 0 Å². The molecule has 0 aliphatic heterocycles. The minimum Gasteiger partial charge on any atom is -0.279 e. The summed E-state index contributed by atoms with van der Waals surface area (Å²) in [5, 5.41) is 11.2. The molecule has 0 amide bonds. The van der Waals surface area contributed by atoms with E-state index in [0.29, 0.717) is 0 Å². The smallest absolute Gasteiger partial charge is 0.274 e. The average molecular weight is 361 g/mol. The third-order valence-corrected chi connectivity index (χ3v) is 5.05. The molecule has 0 heterocycles. The van der Waals surface area contributed by atoms with Gasteiger partial charge in [-0.15, -0.1) is 0 Å². The van der Waals surface area contributed by atoms with Gasteiger partial charge in [0.05, 0.1) is 31.1 Å². The summed E-state index contributed by atoms with van der Waals surface area (Å²) in [4.78, 5) is 10.2. The van der Waals surface area contributed by atoms with Gasteiger partial charge in [0.15, 0.2) is 0 Å². The Balaban J connectivity index is 2.43. The molecule has 0 saturated carbocycles. The highest BCUT2D eigenvalue weighted by molar-refractivity contribution is 7.92. The molecule has 116 valence electrons. The maximum Gasteiger partial charge on any atom is 0.274 e. The average Bonchev–Trinajstić information content (AvgIpc) is 2.43. The van der Waals surface area contributed by atoms with Crippen molar-refractivity contribution in [3.05, 3.63) is 62.1 Å². The number of anilines is 1. The van der Waals surface area contributed by atoms with Gasteiger partial charge in [0.25, 0.3) is 15.7 Å². The normalized spacial score (nSPS) is 11.2. The van der Waals surface area contributed by atoms with Crippen LogP contribution in [0.1, 0.15) is 5.56 Å². The van der Waals surface area contributed by atoms with Gasteiger partial charge in [0.1, 0.15) is 0 Å². The van der Waals surface area contributed by atoms with E-state index < -0.39 is 14.9 Å². The van der Waals surface area contributed by atoms with Crippen LogP contribution in [-0.4, -0.2) is 13.3 Å². The lowest BCUT2D eigenvalue weighted by Crippen LogP contribution is -2.14. The molecule has 0 unspecified atom stereocenters. The summed E-state index contributed by atoms with van der Waals surface area (Å²) in [6, 6.07) is 8.00. The number of nitrogens with zero attached hydrogens (tertiary/aromatic N) is 1. The van der Waals surface area contributed by atoms with E-state index in [0.717, 1.165) is 0 Å². The Hall–Kier alpha value is -1.83. The highest BCUT2D eigenvalue weighted by atomic mass is 35.5. The van der Waals surface area contributed by atoms with E-state index >= 15 is 0 Å². The molecule has 0 saturated heterocycles. The number of hydrogen-bond donors (Lipinski definition) is 1. The third kappa shape index (κ3) is 3.32. The Bertz CT molecular complexity index is 853. The molecule has 0 atom stereocenters. The second-order valence-electron chi connectivity index (χ2n) is 4.39. The quantitative estimate of drug-likeness (QED) is 0.658. The van der Waals surface area contributed by atoms with Crippen molar-refractivity contribution in [2.75, 3.05) is 4.72 Å². The van der Waals surface area contributed by atoms with Crippen LogP contribution < -0.4 is 4.72 Å². The maximum atomic E-state index is 12.3. The van der Waals surface area contributed by atoms with Gasteiger partial charge in [-0.3, -0.25) is 14.8 Å². The number of nitro benzene ring substituents is 1. The summed E-state index contributed by atoms with van der Waals surface area (Å²) in [5.41, 5.74) is 0.172. The fraction of sp³-hybridized carbons (Fsp3) is 0.0769. The molecule has 0 bridgehead atoms. The highest BCUT2D eigenvalue weighted by Gasteiger charge is 2.20. The van der Waals surface area contributed by atoms with E-state index in [-0.39, 0.29) is 31.9 Å². The fourth-order valence-corrected chi connectivity index (χ4v) is 3.29. The minimum atomic E-state index is -3.93. The Morgan fingerprint density at radius 3 is 2.41 bits per heavy atom. The molecular weight excluding hydrogens is 351 g/mol. The first-order valence-corrected chi connectivity index (χ1v) is 8.18. The summed E-state index contributed by atoms with van der Waals surface area (Å²) >= 11 is 11.6. The standard InChI is InChI=1S/C13H10Cl2N2O4S/c1-8-12(3-2-4-13(8)17(18)19)16-22(20,21)9-5-6-10(14)11(15)7-9/h2-7,16H,1H3. The topological polar surface area (TPSA) is 89.3 Å². The molecule has 0 spiro atoms. The predicted molar refractivity (Wildman–Crippen MR) is 85.1 cm³/mol. The molecule has 1 N–H and O–H groups in total. The lowest BCUT2D eigenvalue weighted by atomic mass is 10.2. The van der Waals surface area contributed by atoms with Gasteiger partial charge in [-0.1, -0.05) is 29.3 Å². The van der Waals surface area contributed by atoms with Crippen molar-refractivity contribution < 1.29 is 13.3 Å². The molecule has 2 rings (SSSR count). The largest absolute Gasteiger partial charge is 0.279 e. The third-order valence-electron chi connectivity index (χ3n) is 2.95. The molecule has 2 aromatic rings. The summed E-state index contributed by atoms with van der Waals surface area (Å²) < 4.78 is 26.9. The summed E-state index contributed by atoms with van der Waals surface area (Å²) in [6.07, 6.45) is 0. The number of halogens is 2. The van der Waals surface area contributed by atoms with Crippen molar-refractivity contribution in [3.8, 4) is 0 Å². The second-order valence-corrected chi connectivity index (χ2v) is 6.89. The van der Waals surface area contributed by atoms with Crippen molar-refractivity contribution in [3.63, 3.8) is 0 Å². The van der Waals surface area contributed by atoms with Crippen LogP contribution in [0.3, 0.4) is 0 Å². The van der Waals surface area contributed by atoms with Crippen molar-refractivity contribution in [1.82, 2.24) is 0 Å². The summed E-state index contributed by atoms with van der Waals surface area (Å²) in [5.74, 6) is 0. The molecule has 22 heavy (non-hydrogen) atoms. The first kappa shape index (κ1) is 16.5. The number of benzene rings is 2. The Labute approximate surface area is 136 Å². The number of nitro groups is 1. The molecule has 0 fully saturated rings. The zero-order valence-electron chi connectivity index (χ0n) is 11.2. The molecule has 0 aromatic heterocycles. The predicted octanol–water partition coefficient (Wildman–Crippen LogP) is 4.01. The molecule has 2 aromatic carbocycles. The van der Waals surface area contributed by atoms with Gasteiger partial charge in [0.2, 0.25) is 0 Å². The van der Waals surface area contributed by atoms with Crippen LogP contribution in [0, 0.1) is 17.0 Å². The SMILES string of the molecule is Cc1c(NS(=O)(=O)c2ccc(Cl)c(Cl)c2)cccc1[N+](=O)[O-]. The number of hydrogen-bond acceptors (Lipinski definition) is 4. The van der Waals surface area contributed by atoms with Crippen LogP contribution in [-0.2, 0) is 10.0 Å². The number of sulfonamides is 1. The number of rotatable bonds is 4. The molecule has 0 radical (unpaired) electrons. The Morgan fingerprint density at radius 1 is 1.14 bits per heavy atom. The lowest BCUT2D eigenvalue weighted by molar-refractivity contribution is -0.385. The van der Waals surface area contributed by atoms with Crippen molar-refractivity contribution in [2.45, 2.75) is 11.8 Å². The molecular formula is C13H10Cl2N2O4S. The van der Waals surface area contributed by atoms with Crippen LogP contribution in [0.5, 0.6) is 0 Å². The Kier molecular flexibility index (Phi) is 4.60. The monoisotopic (exact) mass is 360 g/mol. The van der Waals surface area contributed by atoms with Crippen molar-refractivity contribution in [1.29, 1.82) is 0 Å². The number of nitrogens with one attached hydrogen (secondary N) is 1. The van der Waals surface area contributed by atoms with Crippen LogP contribution >= 0.6 is 23.2 Å². The van der Waals surface area contributed by atoms with Gasteiger partial charge in [-0.25, -0.2) is 8.42 Å². The van der Waals surface area contributed by atoms with Gasteiger partial charge in [-0.2, -0.15) is 0 Å². The van der Waals surface area contributed by atoms with Gasteiger partial charge in [0, 0.05) is 6.07 Å². The second kappa shape index (κ2) is 6.12. The van der Waals surface area contributed by atoms with E-state index in [1.165, 1.54) is 43.3 Å². The molecule has 6 nitrogen and oxygen atoms in total. The van der Waals surface area contributed by atoms with Gasteiger partial charge >= 0.3 is 0 Å². The van der Waals surface area contributed by atoms with Crippen LogP contribution in [0.2, 0.25) is 10.0 Å². The minimum absolute atomic E-state index is 0.0900. The van der Waals surface area contributed by atoms with E-state index in [4.69, 9.17) is 23.2 Å². The van der Waals surface area contributed by atoms with Crippen LogP contribution in [0.15, 0.2) is 41.3 Å². The van der Waals surface area contributed by atoms with E-state index in [1.807, 2.05) is 0 Å². The Morgan fingerprint density at radius 2 is 1.82 bits per heavy atom. The fourth-order valence-electron chi connectivity index (χ4n) is 1.78. The van der Waals surface area contributed by atoms with E-state index in [1.54, 1.807) is 0 Å². The summed E-state index contributed by atoms with van der Waals surface area (Å²) in [7, 11) is -3.93. The van der Waals surface area contributed by atoms with E-state index in [2.05, 4.69) is 4.72 Å². The maximum absolute atomic E-state index is 12.3. The van der Waals surface area contributed by atoms with E-state index in [9.17, 15) is 18.5 Å². The zero-order chi connectivity index (χ0) is 16.5. The first-order valence-electron chi connectivity index (χ1n) is 5.94. The highest BCUT2D eigenvalue weighted by Crippen LogP contribution is 2.29. The van der Waals surface area contributed by atoms with Crippen molar-refractivity contribution >= 4 is 44.6 Å². The molecule has 0 aliphatic carbocycles. The van der Waals surface area contributed by atoms with Gasteiger partial charge in [-0.05, 0) is 31.2 Å². The van der Waals surface area contributed by atoms with Crippen molar-refractivity contribution in [2.24, 2.45) is 0 Å². The van der Waals surface area contributed by atoms with Crippen LogP contribution in [0.25, 0.3) is 0 Å². The molecule has 0 aliphatic rings. The first-order chi connectivity index (χ1) is 10.2.